The van der Waals surface area contributed by atoms with Gasteiger partial charge in [0, 0.05) is 39.0 Å². The molecule has 0 radical (unpaired) electrons. The number of likely N-dealkylation sites (tertiary alicyclic amines) is 1. The van der Waals surface area contributed by atoms with E-state index in [0.717, 1.165) is 23.4 Å². The van der Waals surface area contributed by atoms with E-state index in [9.17, 15) is 13.2 Å². The number of hydrogen-bond acceptors (Lipinski definition) is 8. The van der Waals surface area contributed by atoms with E-state index >= 15 is 0 Å². The Balaban J connectivity index is 1.59. The molecule has 1 aliphatic rings. The lowest BCUT2D eigenvalue weighted by molar-refractivity contribution is -0.133. The smallest absolute Gasteiger partial charge is 0.237 e. The lowest BCUT2D eigenvalue weighted by Crippen LogP contribution is -2.45. The van der Waals surface area contributed by atoms with Crippen LogP contribution in [0.2, 0.25) is 0 Å². The quantitative estimate of drug-likeness (QED) is 0.681. The van der Waals surface area contributed by atoms with Crippen molar-refractivity contribution in [3.63, 3.8) is 0 Å². The molecule has 1 saturated heterocycles. The van der Waals surface area contributed by atoms with E-state index in [1.165, 1.54) is 7.05 Å². The summed E-state index contributed by atoms with van der Waals surface area (Å²) in [4.78, 5) is 26.6. The van der Waals surface area contributed by atoms with Crippen molar-refractivity contribution in [3.8, 4) is 11.5 Å². The highest BCUT2D eigenvalue weighted by molar-refractivity contribution is 7.88. The SMILES string of the molecule is CN(CC(=O)N1CCC[C@@H](Cc2nc(-c3cnccn3)no2)C1)S(C)(=O)=O. The fourth-order valence-corrected chi connectivity index (χ4v) is 3.31. The number of carbonyl (C=O) groups excluding carboxylic acids is 1. The molecule has 0 N–H and O–H groups in total. The average molecular weight is 394 g/mol. The number of amides is 1. The van der Waals surface area contributed by atoms with Gasteiger partial charge in [-0.2, -0.15) is 9.29 Å². The minimum Gasteiger partial charge on any atom is -0.341 e. The number of nitrogens with zero attached hydrogens (tertiary/aromatic N) is 6. The predicted molar refractivity (Wildman–Crippen MR) is 95.8 cm³/mol. The zero-order valence-corrected chi connectivity index (χ0v) is 16.1. The largest absolute Gasteiger partial charge is 0.341 e. The second-order valence-electron chi connectivity index (χ2n) is 6.67. The number of carbonyl (C=O) groups is 1. The van der Waals surface area contributed by atoms with Gasteiger partial charge in [0.15, 0.2) is 0 Å². The second-order valence-corrected chi connectivity index (χ2v) is 8.76. The van der Waals surface area contributed by atoms with E-state index in [-0.39, 0.29) is 18.4 Å². The molecule has 2 aromatic heterocycles. The molecule has 2 aromatic rings. The van der Waals surface area contributed by atoms with Crippen LogP contribution in [0.25, 0.3) is 11.5 Å². The Morgan fingerprint density at radius 3 is 2.93 bits per heavy atom. The summed E-state index contributed by atoms with van der Waals surface area (Å²) in [6, 6.07) is 0. The molecule has 0 aliphatic carbocycles. The molecule has 27 heavy (non-hydrogen) atoms. The van der Waals surface area contributed by atoms with E-state index in [1.807, 2.05) is 0 Å². The average Bonchev–Trinajstić information content (AvgIpc) is 3.10. The molecule has 0 spiro atoms. The molecule has 1 amide bonds. The zero-order valence-electron chi connectivity index (χ0n) is 15.3. The summed E-state index contributed by atoms with van der Waals surface area (Å²) >= 11 is 0. The van der Waals surface area contributed by atoms with Crippen LogP contribution in [0, 0.1) is 5.92 Å². The van der Waals surface area contributed by atoms with E-state index in [0.29, 0.717) is 36.9 Å². The number of aromatic nitrogens is 4. The van der Waals surface area contributed by atoms with Crippen molar-refractivity contribution >= 4 is 15.9 Å². The van der Waals surface area contributed by atoms with Crippen LogP contribution in [-0.4, -0.2) is 76.6 Å². The third-order valence-electron chi connectivity index (χ3n) is 4.52. The van der Waals surface area contributed by atoms with Gasteiger partial charge in [0.25, 0.3) is 0 Å². The van der Waals surface area contributed by atoms with Crippen molar-refractivity contribution in [2.45, 2.75) is 19.3 Å². The Labute approximate surface area is 157 Å². The number of rotatable bonds is 6. The minimum absolute atomic E-state index is 0.150. The van der Waals surface area contributed by atoms with E-state index < -0.39 is 10.0 Å². The van der Waals surface area contributed by atoms with Crippen LogP contribution in [0.4, 0.5) is 0 Å². The molecule has 0 unspecified atom stereocenters. The van der Waals surface area contributed by atoms with Crippen LogP contribution in [0.5, 0.6) is 0 Å². The van der Waals surface area contributed by atoms with Crippen LogP contribution < -0.4 is 0 Å². The van der Waals surface area contributed by atoms with Gasteiger partial charge in [-0.3, -0.25) is 9.78 Å². The normalized spacial score (nSPS) is 18.0. The van der Waals surface area contributed by atoms with Crippen molar-refractivity contribution in [1.82, 2.24) is 29.3 Å². The van der Waals surface area contributed by atoms with Crippen molar-refractivity contribution < 1.29 is 17.7 Å². The Hall–Kier alpha value is -2.40. The molecule has 146 valence electrons. The Kier molecular flexibility index (Phi) is 5.80. The summed E-state index contributed by atoms with van der Waals surface area (Å²) in [5.74, 6) is 0.861. The molecule has 3 rings (SSSR count). The second kappa shape index (κ2) is 8.09. The van der Waals surface area contributed by atoms with Gasteiger partial charge >= 0.3 is 0 Å². The van der Waals surface area contributed by atoms with E-state index in [4.69, 9.17) is 4.52 Å². The first-order valence-electron chi connectivity index (χ1n) is 8.61. The molecule has 0 aromatic carbocycles. The molecule has 10 nitrogen and oxygen atoms in total. The van der Waals surface area contributed by atoms with Crippen molar-refractivity contribution in [2.24, 2.45) is 5.92 Å². The van der Waals surface area contributed by atoms with E-state index in [2.05, 4.69) is 20.1 Å². The summed E-state index contributed by atoms with van der Waals surface area (Å²) in [5, 5.41) is 3.93. The van der Waals surface area contributed by atoms with Gasteiger partial charge in [-0.05, 0) is 18.8 Å². The van der Waals surface area contributed by atoms with Gasteiger partial charge < -0.3 is 9.42 Å². The maximum absolute atomic E-state index is 12.4. The highest BCUT2D eigenvalue weighted by Gasteiger charge is 2.27. The standard InChI is InChI=1S/C16H22N6O4S/c1-21(27(2,24)25)11-15(23)22-7-3-4-12(10-22)8-14-19-16(20-26-14)13-9-17-5-6-18-13/h5-6,9,12H,3-4,7-8,10-11H2,1-2H3/t12-/m0/s1. The number of hydrogen-bond donors (Lipinski definition) is 0. The summed E-state index contributed by atoms with van der Waals surface area (Å²) in [6.45, 7) is 1.02. The van der Waals surface area contributed by atoms with Crippen molar-refractivity contribution in [3.05, 3.63) is 24.5 Å². The molecule has 0 saturated carbocycles. The van der Waals surface area contributed by atoms with E-state index in [1.54, 1.807) is 23.5 Å². The molecule has 0 bridgehead atoms. The molecule has 1 atom stereocenters. The Bertz CT molecular complexity index is 885. The van der Waals surface area contributed by atoms with Gasteiger partial charge in [0.1, 0.15) is 5.69 Å². The summed E-state index contributed by atoms with van der Waals surface area (Å²) in [5.41, 5.74) is 0.539. The minimum atomic E-state index is -3.38. The molecule has 1 fully saturated rings. The van der Waals surface area contributed by atoms with Gasteiger partial charge in [-0.25, -0.2) is 13.4 Å². The number of sulfonamides is 1. The van der Waals surface area contributed by atoms with Crippen LogP contribution in [0.15, 0.2) is 23.1 Å². The number of likely N-dealkylation sites (N-methyl/N-ethyl adjacent to an activating group) is 1. The molecule has 1 aliphatic heterocycles. The lowest BCUT2D eigenvalue weighted by Gasteiger charge is -2.33. The maximum atomic E-state index is 12.4. The lowest BCUT2D eigenvalue weighted by atomic mass is 9.94. The Morgan fingerprint density at radius 1 is 1.41 bits per heavy atom. The first-order chi connectivity index (χ1) is 12.8. The maximum Gasteiger partial charge on any atom is 0.237 e. The predicted octanol–water partition coefficient (Wildman–Crippen LogP) is 0.199. The monoisotopic (exact) mass is 394 g/mol. The van der Waals surface area contributed by atoms with Gasteiger partial charge in [-0.15, -0.1) is 0 Å². The molecule has 11 heteroatoms. The van der Waals surface area contributed by atoms with Gasteiger partial charge in [0.2, 0.25) is 27.6 Å². The fraction of sp³-hybridized carbons (Fsp3) is 0.562. The summed E-state index contributed by atoms with van der Waals surface area (Å²) < 4.78 is 29.4. The summed E-state index contributed by atoms with van der Waals surface area (Å²) in [6.07, 6.45) is 8.12. The first-order valence-corrected chi connectivity index (χ1v) is 10.5. The van der Waals surface area contributed by atoms with Crippen LogP contribution in [0.1, 0.15) is 18.7 Å². The summed E-state index contributed by atoms with van der Waals surface area (Å²) in [7, 11) is -1.98. The molecular formula is C16H22N6O4S. The van der Waals surface area contributed by atoms with Gasteiger partial charge in [0.05, 0.1) is 19.0 Å². The van der Waals surface area contributed by atoms with Crippen LogP contribution >= 0.6 is 0 Å². The number of piperidine rings is 1. The molecule has 3 heterocycles. The first kappa shape index (κ1) is 19.4. The third kappa shape index (κ3) is 5.07. The zero-order chi connectivity index (χ0) is 19.4. The van der Waals surface area contributed by atoms with Crippen LogP contribution in [0.3, 0.4) is 0 Å². The van der Waals surface area contributed by atoms with Gasteiger partial charge in [-0.1, -0.05) is 5.16 Å². The Morgan fingerprint density at radius 2 is 2.22 bits per heavy atom. The van der Waals surface area contributed by atoms with Crippen molar-refractivity contribution in [2.75, 3.05) is 32.9 Å². The fourth-order valence-electron chi connectivity index (χ4n) is 2.97. The van der Waals surface area contributed by atoms with Crippen molar-refractivity contribution in [1.29, 1.82) is 0 Å². The highest BCUT2D eigenvalue weighted by atomic mass is 32.2. The molecular weight excluding hydrogens is 372 g/mol. The highest BCUT2D eigenvalue weighted by Crippen LogP contribution is 2.21. The topological polar surface area (TPSA) is 122 Å². The third-order valence-corrected chi connectivity index (χ3v) is 5.78. The van der Waals surface area contributed by atoms with Crippen LogP contribution in [-0.2, 0) is 21.2 Å².